The lowest BCUT2D eigenvalue weighted by molar-refractivity contribution is -0.126. The van der Waals surface area contributed by atoms with E-state index in [2.05, 4.69) is 12.2 Å². The highest BCUT2D eigenvalue weighted by Crippen LogP contribution is 2.46. The van der Waals surface area contributed by atoms with Crippen molar-refractivity contribution in [2.45, 2.75) is 19.3 Å². The number of carbonyl (C=O) groups is 1. The average molecular weight is 211 g/mol. The van der Waals surface area contributed by atoms with Crippen molar-refractivity contribution >= 4 is 11.9 Å². The van der Waals surface area contributed by atoms with Crippen LogP contribution in [0.3, 0.4) is 0 Å². The van der Waals surface area contributed by atoms with E-state index in [-0.39, 0.29) is 17.3 Å². The van der Waals surface area contributed by atoms with Gasteiger partial charge in [0, 0.05) is 20.1 Å². The third kappa shape index (κ3) is 2.84. The highest BCUT2D eigenvalue weighted by atomic mass is 16.2. The molecule has 1 aliphatic rings. The molecule has 0 aromatic heterocycles. The van der Waals surface area contributed by atoms with Crippen LogP contribution < -0.4 is 11.1 Å². The summed E-state index contributed by atoms with van der Waals surface area (Å²) < 4.78 is 0. The van der Waals surface area contributed by atoms with Crippen LogP contribution in [0.25, 0.3) is 0 Å². The Kier molecular flexibility index (Phi) is 3.55. The van der Waals surface area contributed by atoms with Crippen LogP contribution in [0.5, 0.6) is 0 Å². The van der Waals surface area contributed by atoms with Crippen molar-refractivity contribution in [3.63, 3.8) is 0 Å². The average Bonchev–Trinajstić information content (AvgIpc) is 2.95. The molecule has 5 nitrogen and oxygen atoms in total. The Balaban J connectivity index is 2.45. The Hall–Kier alpha value is -1.26. The van der Waals surface area contributed by atoms with E-state index in [9.17, 15) is 4.79 Å². The van der Waals surface area contributed by atoms with Crippen LogP contribution in [0.4, 0.5) is 0 Å². The number of amides is 1. The maximum Gasteiger partial charge on any atom is 0.228 e. The van der Waals surface area contributed by atoms with Crippen LogP contribution in [-0.4, -0.2) is 36.9 Å². The highest BCUT2D eigenvalue weighted by Gasteiger charge is 2.50. The summed E-state index contributed by atoms with van der Waals surface area (Å²) >= 11 is 0. The predicted octanol–water partition coefficient (Wildman–Crippen LogP) is -0.0677. The summed E-state index contributed by atoms with van der Waals surface area (Å²) in [5.41, 5.74) is 5.03. The van der Waals surface area contributed by atoms with Gasteiger partial charge in [-0.15, -0.1) is 0 Å². The molecule has 15 heavy (non-hydrogen) atoms. The lowest BCUT2D eigenvalue weighted by Crippen LogP contribution is -2.43. The molecule has 4 N–H and O–H groups in total. The molecule has 5 heteroatoms. The summed E-state index contributed by atoms with van der Waals surface area (Å²) in [6, 6.07) is 0. The summed E-state index contributed by atoms with van der Waals surface area (Å²) in [6.07, 6.45) is 2.46. The van der Waals surface area contributed by atoms with Gasteiger partial charge in [0.2, 0.25) is 5.91 Å². The fourth-order valence-electron chi connectivity index (χ4n) is 1.54. The van der Waals surface area contributed by atoms with E-state index < -0.39 is 0 Å². The Bertz CT molecular complexity index is 260. The number of nitrogens with one attached hydrogen (secondary N) is 2. The first-order valence-corrected chi connectivity index (χ1v) is 5.14. The fourth-order valence-corrected chi connectivity index (χ4v) is 1.54. The molecular weight excluding hydrogens is 192 g/mol. The molecule has 0 saturated heterocycles. The van der Waals surface area contributed by atoms with Gasteiger partial charge < -0.3 is 16.0 Å². The molecule has 1 aliphatic carbocycles. The quantitative estimate of drug-likeness (QED) is 0.440. The van der Waals surface area contributed by atoms with Gasteiger partial charge in [-0.1, -0.05) is 6.92 Å². The number of nitrogens with two attached hydrogens (primary N) is 1. The fraction of sp³-hybridized carbons (Fsp3) is 0.700. The third-order valence-electron chi connectivity index (χ3n) is 2.75. The van der Waals surface area contributed by atoms with E-state index in [1.165, 1.54) is 0 Å². The maximum atomic E-state index is 11.8. The Morgan fingerprint density at radius 1 is 1.67 bits per heavy atom. The minimum Gasteiger partial charge on any atom is -0.370 e. The summed E-state index contributed by atoms with van der Waals surface area (Å²) in [7, 11) is 1.73. The molecule has 0 aromatic carbocycles. The lowest BCUT2D eigenvalue weighted by atomic mass is 10.1. The molecule has 1 amide bonds. The SMILES string of the molecule is [CH2]CCNC(=O)C1(CN(C)C(=N)N)CC1. The van der Waals surface area contributed by atoms with Gasteiger partial charge >= 0.3 is 0 Å². The van der Waals surface area contributed by atoms with Crippen LogP contribution in [0.15, 0.2) is 0 Å². The van der Waals surface area contributed by atoms with Gasteiger partial charge in [-0.25, -0.2) is 0 Å². The van der Waals surface area contributed by atoms with Gasteiger partial charge in [0.1, 0.15) is 0 Å². The molecule has 0 bridgehead atoms. The number of guanidine groups is 1. The molecule has 85 valence electrons. The number of rotatable bonds is 5. The van der Waals surface area contributed by atoms with Crippen LogP contribution in [-0.2, 0) is 4.79 Å². The molecule has 0 aliphatic heterocycles. The predicted molar refractivity (Wildman–Crippen MR) is 59.2 cm³/mol. The summed E-state index contributed by atoms with van der Waals surface area (Å²) in [6.45, 7) is 4.82. The summed E-state index contributed by atoms with van der Waals surface area (Å²) in [5.74, 6) is 0.0745. The maximum absolute atomic E-state index is 11.8. The van der Waals surface area contributed by atoms with E-state index in [0.29, 0.717) is 19.5 Å². The second-order valence-corrected chi connectivity index (χ2v) is 4.13. The molecule has 1 rings (SSSR count). The third-order valence-corrected chi connectivity index (χ3v) is 2.75. The first kappa shape index (κ1) is 11.8. The molecule has 1 fully saturated rings. The monoisotopic (exact) mass is 211 g/mol. The smallest absolute Gasteiger partial charge is 0.228 e. The van der Waals surface area contributed by atoms with E-state index in [0.717, 1.165) is 12.8 Å². The van der Waals surface area contributed by atoms with E-state index in [1.54, 1.807) is 11.9 Å². The zero-order valence-electron chi connectivity index (χ0n) is 9.18. The standard InChI is InChI=1S/C10H19N4O/c1-3-6-13-8(15)10(4-5-10)7-14(2)9(11)12/h1,3-7H2,2H3,(H3,11,12)(H,13,15). The van der Waals surface area contributed by atoms with Crippen LogP contribution in [0.1, 0.15) is 19.3 Å². The Morgan fingerprint density at radius 3 is 2.67 bits per heavy atom. The molecule has 1 saturated carbocycles. The molecule has 0 heterocycles. The van der Waals surface area contributed by atoms with Crippen LogP contribution in [0, 0.1) is 17.7 Å². The van der Waals surface area contributed by atoms with E-state index >= 15 is 0 Å². The van der Waals surface area contributed by atoms with Gasteiger partial charge in [0.25, 0.3) is 0 Å². The number of hydrogen-bond acceptors (Lipinski definition) is 2. The van der Waals surface area contributed by atoms with Crippen molar-refractivity contribution in [2.24, 2.45) is 11.1 Å². The van der Waals surface area contributed by atoms with Gasteiger partial charge in [0.15, 0.2) is 5.96 Å². The van der Waals surface area contributed by atoms with Crippen molar-refractivity contribution in [1.29, 1.82) is 5.41 Å². The minimum atomic E-state index is -0.310. The molecule has 1 radical (unpaired) electrons. The molecular formula is C10H19N4O. The van der Waals surface area contributed by atoms with E-state index in [4.69, 9.17) is 11.1 Å². The second kappa shape index (κ2) is 4.51. The zero-order valence-corrected chi connectivity index (χ0v) is 9.18. The van der Waals surface area contributed by atoms with E-state index in [1.807, 2.05) is 0 Å². The van der Waals surface area contributed by atoms with Gasteiger partial charge in [-0.05, 0) is 19.3 Å². The lowest BCUT2D eigenvalue weighted by Gasteiger charge is -2.23. The van der Waals surface area contributed by atoms with Gasteiger partial charge in [-0.2, -0.15) is 0 Å². The van der Waals surface area contributed by atoms with Gasteiger partial charge in [-0.3, -0.25) is 10.2 Å². The summed E-state index contributed by atoms with van der Waals surface area (Å²) in [5, 5.41) is 10.1. The molecule has 0 atom stereocenters. The van der Waals surface area contributed by atoms with Crippen molar-refractivity contribution in [1.82, 2.24) is 10.2 Å². The highest BCUT2D eigenvalue weighted by molar-refractivity contribution is 5.86. The topological polar surface area (TPSA) is 82.2 Å². The normalized spacial score (nSPS) is 16.9. The first-order chi connectivity index (χ1) is 7.02. The van der Waals surface area contributed by atoms with Crippen LogP contribution in [0.2, 0.25) is 0 Å². The Morgan fingerprint density at radius 2 is 2.27 bits per heavy atom. The molecule has 0 spiro atoms. The Labute approximate surface area is 90.5 Å². The van der Waals surface area contributed by atoms with Crippen LogP contribution >= 0.6 is 0 Å². The summed E-state index contributed by atoms with van der Waals surface area (Å²) in [4.78, 5) is 13.4. The van der Waals surface area contributed by atoms with Crippen molar-refractivity contribution in [3.05, 3.63) is 6.92 Å². The molecule has 0 aromatic rings. The zero-order chi connectivity index (χ0) is 11.5. The van der Waals surface area contributed by atoms with Crippen molar-refractivity contribution in [3.8, 4) is 0 Å². The largest absolute Gasteiger partial charge is 0.370 e. The van der Waals surface area contributed by atoms with Crippen molar-refractivity contribution < 1.29 is 4.79 Å². The number of carbonyl (C=O) groups excluding carboxylic acids is 1. The first-order valence-electron chi connectivity index (χ1n) is 5.14. The second-order valence-electron chi connectivity index (χ2n) is 4.13. The minimum absolute atomic E-state index is 0.00577. The number of hydrogen-bond donors (Lipinski definition) is 3. The van der Waals surface area contributed by atoms with Crippen molar-refractivity contribution in [2.75, 3.05) is 20.1 Å². The number of nitrogens with zero attached hydrogens (tertiary/aromatic N) is 1. The van der Waals surface area contributed by atoms with Gasteiger partial charge in [0.05, 0.1) is 5.41 Å². The molecule has 0 unspecified atom stereocenters.